The fraction of sp³-hybridized carbons (Fsp3) is 0.833. The lowest BCUT2D eigenvalue weighted by Crippen LogP contribution is -2.47. The first kappa shape index (κ1) is 24.0. The minimum absolute atomic E-state index is 0.00655. The quantitative estimate of drug-likeness (QED) is 0.566. The number of hydrogen-bond acceptors (Lipinski definition) is 6. The van der Waals surface area contributed by atoms with Gasteiger partial charge in [-0.1, -0.05) is 0 Å². The van der Waals surface area contributed by atoms with Crippen LogP contribution in [0.5, 0.6) is 0 Å². The highest BCUT2D eigenvalue weighted by atomic mass is 16.6. The van der Waals surface area contributed by atoms with E-state index in [4.69, 9.17) is 14.2 Å². The molecule has 0 aromatic rings. The second kappa shape index (κ2) is 9.09. The number of carbonyl (C=O) groups is 3. The van der Waals surface area contributed by atoms with E-state index in [0.717, 1.165) is 0 Å². The number of ether oxygens (including phenoxy) is 3. The predicted octanol–water partition coefficient (Wildman–Crippen LogP) is 3.14. The van der Waals surface area contributed by atoms with Crippen LogP contribution in [0.3, 0.4) is 0 Å². The first-order valence-electron chi connectivity index (χ1n) is 8.65. The molecule has 0 spiro atoms. The molecule has 152 valence electrons. The molecule has 1 atom stereocenters. The Labute approximate surface area is 156 Å². The number of carbonyl (C=O) groups excluding carboxylic acids is 3. The highest BCUT2D eigenvalue weighted by Crippen LogP contribution is 2.11. The molecule has 0 aromatic carbocycles. The largest absolute Gasteiger partial charge is 0.460 e. The van der Waals surface area contributed by atoms with Crippen molar-refractivity contribution < 1.29 is 28.6 Å². The molecule has 0 aliphatic carbocycles. The van der Waals surface area contributed by atoms with Crippen molar-refractivity contribution in [2.75, 3.05) is 6.54 Å². The van der Waals surface area contributed by atoms with Crippen LogP contribution in [0.4, 0.5) is 9.59 Å². The van der Waals surface area contributed by atoms with E-state index in [9.17, 15) is 14.4 Å². The van der Waals surface area contributed by atoms with Gasteiger partial charge in [0.2, 0.25) is 0 Å². The molecular formula is C18H34N2O6. The Kier molecular flexibility index (Phi) is 8.40. The standard InChI is InChI=1S/C18H34N2O6/c1-16(2,3)24-13(21)10-12(20-15(23)26-18(7,8)9)11-19-14(22)25-17(4,5)6/h12H,10-11H2,1-9H3,(H,19,22)(H,20,23)/t12-/m1/s1. The topological polar surface area (TPSA) is 103 Å². The molecule has 0 radical (unpaired) electrons. The Hall–Kier alpha value is -1.99. The van der Waals surface area contributed by atoms with Gasteiger partial charge in [0.25, 0.3) is 0 Å². The summed E-state index contributed by atoms with van der Waals surface area (Å²) in [4.78, 5) is 35.8. The minimum atomic E-state index is -0.702. The number of amides is 2. The highest BCUT2D eigenvalue weighted by Gasteiger charge is 2.25. The molecule has 8 heteroatoms. The average Bonchev–Trinajstić information content (AvgIpc) is 2.28. The predicted molar refractivity (Wildman–Crippen MR) is 97.9 cm³/mol. The summed E-state index contributed by atoms with van der Waals surface area (Å²) in [7, 11) is 0. The second-order valence-electron chi connectivity index (χ2n) is 9.02. The average molecular weight is 374 g/mol. The molecule has 0 saturated carbocycles. The van der Waals surface area contributed by atoms with Gasteiger partial charge in [0, 0.05) is 6.54 Å². The summed E-state index contributed by atoms with van der Waals surface area (Å²) >= 11 is 0. The zero-order valence-corrected chi connectivity index (χ0v) is 17.4. The zero-order chi connectivity index (χ0) is 20.8. The number of hydrogen-bond donors (Lipinski definition) is 2. The van der Waals surface area contributed by atoms with E-state index in [-0.39, 0.29) is 13.0 Å². The molecular weight excluding hydrogens is 340 g/mol. The van der Waals surface area contributed by atoms with E-state index < -0.39 is 41.0 Å². The van der Waals surface area contributed by atoms with Crippen molar-refractivity contribution >= 4 is 18.2 Å². The summed E-state index contributed by atoms with van der Waals surface area (Å²) < 4.78 is 15.6. The third-order valence-corrected chi connectivity index (χ3v) is 2.45. The molecule has 0 saturated heterocycles. The van der Waals surface area contributed by atoms with Gasteiger partial charge in [-0.25, -0.2) is 9.59 Å². The van der Waals surface area contributed by atoms with Gasteiger partial charge in [0.15, 0.2) is 0 Å². The zero-order valence-electron chi connectivity index (χ0n) is 17.4. The summed E-state index contributed by atoms with van der Waals surface area (Å²) in [5, 5.41) is 5.11. The summed E-state index contributed by atoms with van der Waals surface area (Å²) in [6.45, 7) is 15.7. The molecule has 0 rings (SSSR count). The Morgan fingerprint density at radius 2 is 1.15 bits per heavy atom. The van der Waals surface area contributed by atoms with Crippen molar-refractivity contribution in [3.05, 3.63) is 0 Å². The molecule has 0 aliphatic heterocycles. The van der Waals surface area contributed by atoms with Gasteiger partial charge in [-0.15, -0.1) is 0 Å². The van der Waals surface area contributed by atoms with Crippen LogP contribution < -0.4 is 10.6 Å². The van der Waals surface area contributed by atoms with E-state index in [1.807, 2.05) is 0 Å². The molecule has 8 nitrogen and oxygen atoms in total. The van der Waals surface area contributed by atoms with Gasteiger partial charge in [0.05, 0.1) is 12.5 Å². The molecule has 0 fully saturated rings. The molecule has 0 heterocycles. The van der Waals surface area contributed by atoms with Crippen LogP contribution in [0, 0.1) is 0 Å². The van der Waals surface area contributed by atoms with Crippen LogP contribution >= 0.6 is 0 Å². The number of esters is 1. The third-order valence-electron chi connectivity index (χ3n) is 2.45. The monoisotopic (exact) mass is 374 g/mol. The second-order valence-corrected chi connectivity index (χ2v) is 9.02. The van der Waals surface area contributed by atoms with Crippen molar-refractivity contribution in [2.24, 2.45) is 0 Å². The van der Waals surface area contributed by atoms with E-state index in [1.165, 1.54) is 0 Å². The number of alkyl carbamates (subject to hydrolysis) is 2. The van der Waals surface area contributed by atoms with Crippen LogP contribution in [-0.4, -0.2) is 47.5 Å². The maximum atomic E-state index is 12.1. The van der Waals surface area contributed by atoms with Crippen molar-refractivity contribution in [2.45, 2.75) is 91.6 Å². The third kappa shape index (κ3) is 14.4. The summed E-state index contributed by atoms with van der Waals surface area (Å²) in [6, 6.07) is -0.702. The lowest BCUT2D eigenvalue weighted by atomic mass is 10.1. The lowest BCUT2D eigenvalue weighted by Gasteiger charge is -2.26. The Bertz CT molecular complexity index is 467. The smallest absolute Gasteiger partial charge is 0.407 e. The van der Waals surface area contributed by atoms with Gasteiger partial charge in [0.1, 0.15) is 16.8 Å². The van der Waals surface area contributed by atoms with Gasteiger partial charge in [-0.2, -0.15) is 0 Å². The molecule has 2 amide bonds. The molecule has 0 aromatic heterocycles. The molecule has 2 N–H and O–H groups in total. The first-order valence-corrected chi connectivity index (χ1v) is 8.65. The van der Waals surface area contributed by atoms with Gasteiger partial charge in [-0.05, 0) is 62.3 Å². The summed E-state index contributed by atoms with van der Waals surface area (Å²) in [6.07, 6.45) is -1.44. The fourth-order valence-corrected chi connectivity index (χ4v) is 1.75. The van der Waals surface area contributed by atoms with Gasteiger partial charge >= 0.3 is 18.2 Å². The van der Waals surface area contributed by atoms with Crippen LogP contribution in [0.15, 0.2) is 0 Å². The van der Waals surface area contributed by atoms with Crippen LogP contribution in [0.1, 0.15) is 68.7 Å². The van der Waals surface area contributed by atoms with Crippen molar-refractivity contribution in [1.29, 1.82) is 0 Å². The number of rotatable bonds is 5. The normalized spacial score (nSPS) is 13.4. The highest BCUT2D eigenvalue weighted by molar-refractivity contribution is 5.74. The Balaban J connectivity index is 4.85. The maximum absolute atomic E-state index is 12.1. The SMILES string of the molecule is CC(C)(C)OC(=O)C[C@H](CNC(=O)OC(C)(C)C)NC(=O)OC(C)(C)C. The maximum Gasteiger partial charge on any atom is 0.407 e. The van der Waals surface area contributed by atoms with E-state index >= 15 is 0 Å². The summed E-state index contributed by atoms with van der Waals surface area (Å²) in [5.41, 5.74) is -1.98. The van der Waals surface area contributed by atoms with Gasteiger partial charge in [-0.3, -0.25) is 4.79 Å². The van der Waals surface area contributed by atoms with E-state index in [1.54, 1.807) is 62.3 Å². The summed E-state index contributed by atoms with van der Waals surface area (Å²) in [5.74, 6) is -0.496. The minimum Gasteiger partial charge on any atom is -0.460 e. The van der Waals surface area contributed by atoms with Gasteiger partial charge < -0.3 is 24.8 Å². The molecule has 26 heavy (non-hydrogen) atoms. The number of nitrogens with one attached hydrogen (secondary N) is 2. The fourth-order valence-electron chi connectivity index (χ4n) is 1.75. The lowest BCUT2D eigenvalue weighted by molar-refractivity contribution is -0.155. The Morgan fingerprint density at radius 3 is 1.58 bits per heavy atom. The van der Waals surface area contributed by atoms with Crippen LogP contribution in [0.25, 0.3) is 0 Å². The van der Waals surface area contributed by atoms with Crippen molar-refractivity contribution in [3.8, 4) is 0 Å². The van der Waals surface area contributed by atoms with Crippen molar-refractivity contribution in [1.82, 2.24) is 10.6 Å². The van der Waals surface area contributed by atoms with Crippen LogP contribution in [-0.2, 0) is 19.0 Å². The molecule has 0 aliphatic rings. The first-order chi connectivity index (χ1) is 11.5. The Morgan fingerprint density at radius 1 is 0.731 bits per heavy atom. The molecule has 0 unspecified atom stereocenters. The van der Waals surface area contributed by atoms with E-state index in [2.05, 4.69) is 10.6 Å². The molecule has 0 bridgehead atoms. The van der Waals surface area contributed by atoms with E-state index in [0.29, 0.717) is 0 Å². The van der Waals surface area contributed by atoms with Crippen LogP contribution in [0.2, 0.25) is 0 Å². The van der Waals surface area contributed by atoms with Crippen molar-refractivity contribution in [3.63, 3.8) is 0 Å².